The lowest BCUT2D eigenvalue weighted by Crippen LogP contribution is -2.17. The summed E-state index contributed by atoms with van der Waals surface area (Å²) in [6, 6.07) is 22.5. The minimum absolute atomic E-state index is 0.0603. The van der Waals surface area contributed by atoms with Gasteiger partial charge < -0.3 is 25.2 Å². The molecule has 42 heavy (non-hydrogen) atoms. The van der Waals surface area contributed by atoms with Crippen molar-refractivity contribution in [3.8, 4) is 17.2 Å². The molecule has 0 aliphatic heterocycles. The summed E-state index contributed by atoms with van der Waals surface area (Å²) >= 11 is 0. The number of sulfonamides is 1. The highest BCUT2D eigenvalue weighted by Crippen LogP contribution is 2.31. The van der Waals surface area contributed by atoms with Gasteiger partial charge >= 0.3 is 0 Å². The molecule has 5 aromatic rings. The average Bonchev–Trinajstić information content (AvgIpc) is 2.97. The molecule has 11 nitrogen and oxygen atoms in total. The summed E-state index contributed by atoms with van der Waals surface area (Å²) in [7, 11) is -1.27. The summed E-state index contributed by atoms with van der Waals surface area (Å²) in [5.41, 5.74) is 2.87. The number of aromatic hydroxyl groups is 1. The molecule has 0 saturated heterocycles. The van der Waals surface area contributed by atoms with Crippen molar-refractivity contribution in [3.05, 3.63) is 96.1 Å². The van der Waals surface area contributed by atoms with Crippen molar-refractivity contribution >= 4 is 50.0 Å². The van der Waals surface area contributed by atoms with E-state index in [1.165, 1.54) is 44.6 Å². The molecule has 12 heteroatoms. The van der Waals surface area contributed by atoms with Crippen LogP contribution in [-0.2, 0) is 10.0 Å². The SMILES string of the molecule is COc1cc(O)cc(Nc2nc3ccccc3nc2NS(=O)(=O)c2cccc(NC(=O)c3ccc(C)cc3OC)c2)c1. The molecule has 0 unspecified atom stereocenters. The van der Waals surface area contributed by atoms with Crippen LogP contribution in [-0.4, -0.2) is 43.6 Å². The molecular formula is C30H27N5O6S. The number of ether oxygens (including phenoxy) is 2. The first-order chi connectivity index (χ1) is 20.1. The number of phenols is 1. The van der Waals surface area contributed by atoms with Gasteiger partial charge in [0.15, 0.2) is 11.6 Å². The standard InChI is InChI=1S/C30H27N5O6S/c1-18-11-12-24(27(13-18)41-3)30(37)32-19-7-6-8-23(16-19)42(38,39)35-29-28(33-25-9-4-5-10-26(25)34-29)31-20-14-21(36)17-22(15-20)40-2/h4-17,36H,1-3H3,(H,31,33)(H,32,37)(H,34,35). The monoisotopic (exact) mass is 585 g/mol. The highest BCUT2D eigenvalue weighted by atomic mass is 32.2. The highest BCUT2D eigenvalue weighted by molar-refractivity contribution is 7.92. The molecular weight excluding hydrogens is 558 g/mol. The minimum Gasteiger partial charge on any atom is -0.508 e. The van der Waals surface area contributed by atoms with E-state index < -0.39 is 15.9 Å². The summed E-state index contributed by atoms with van der Waals surface area (Å²) in [6.45, 7) is 1.88. The molecule has 4 N–H and O–H groups in total. The van der Waals surface area contributed by atoms with Crippen LogP contribution in [0.4, 0.5) is 23.0 Å². The molecule has 1 aromatic heterocycles. The second-order valence-corrected chi connectivity index (χ2v) is 10.9. The third-order valence-corrected chi connectivity index (χ3v) is 7.53. The van der Waals surface area contributed by atoms with E-state index >= 15 is 0 Å². The molecule has 0 aliphatic rings. The number of benzene rings is 4. The Kier molecular flexibility index (Phi) is 7.80. The maximum absolute atomic E-state index is 13.5. The number of carbonyl (C=O) groups is 1. The summed E-state index contributed by atoms with van der Waals surface area (Å²) in [5.74, 6) is 0.293. The number of aromatic nitrogens is 2. The van der Waals surface area contributed by atoms with Crippen LogP contribution in [0, 0.1) is 6.92 Å². The van der Waals surface area contributed by atoms with Gasteiger partial charge in [-0.2, -0.15) is 0 Å². The summed E-state index contributed by atoms with van der Waals surface area (Å²) in [4.78, 5) is 21.9. The van der Waals surface area contributed by atoms with Crippen molar-refractivity contribution in [1.82, 2.24) is 9.97 Å². The van der Waals surface area contributed by atoms with E-state index in [9.17, 15) is 18.3 Å². The number of aryl methyl sites for hydroxylation is 1. The first-order valence-electron chi connectivity index (χ1n) is 12.7. The Hall–Kier alpha value is -5.36. The molecule has 214 valence electrons. The number of phenolic OH excluding ortho intramolecular Hbond substituents is 1. The summed E-state index contributed by atoms with van der Waals surface area (Å²) in [6.07, 6.45) is 0. The van der Waals surface area contributed by atoms with E-state index in [1.54, 1.807) is 54.6 Å². The Morgan fingerprint density at radius 3 is 2.26 bits per heavy atom. The second kappa shape index (κ2) is 11.6. The molecule has 0 atom stereocenters. The van der Waals surface area contributed by atoms with E-state index in [4.69, 9.17) is 9.47 Å². The number of para-hydroxylation sites is 2. The number of nitrogens with one attached hydrogen (secondary N) is 3. The van der Waals surface area contributed by atoms with Gasteiger partial charge in [0.2, 0.25) is 0 Å². The van der Waals surface area contributed by atoms with Crippen LogP contribution in [0.5, 0.6) is 17.2 Å². The van der Waals surface area contributed by atoms with Gasteiger partial charge in [-0.05, 0) is 55.0 Å². The van der Waals surface area contributed by atoms with Crippen LogP contribution >= 0.6 is 0 Å². The van der Waals surface area contributed by atoms with Gasteiger partial charge in [0.1, 0.15) is 17.2 Å². The average molecular weight is 586 g/mol. The number of nitrogens with zero attached hydrogens (tertiary/aromatic N) is 2. The second-order valence-electron chi connectivity index (χ2n) is 9.25. The number of carbonyl (C=O) groups excluding carboxylic acids is 1. The Morgan fingerprint density at radius 1 is 0.810 bits per heavy atom. The zero-order valence-corrected chi connectivity index (χ0v) is 23.7. The lowest BCUT2D eigenvalue weighted by atomic mass is 10.1. The minimum atomic E-state index is -4.20. The summed E-state index contributed by atoms with van der Waals surface area (Å²) < 4.78 is 40.1. The van der Waals surface area contributed by atoms with Crippen LogP contribution in [0.15, 0.2) is 89.8 Å². The number of methoxy groups -OCH3 is 2. The molecule has 1 amide bonds. The van der Waals surface area contributed by atoms with Crippen LogP contribution in [0.25, 0.3) is 11.0 Å². The van der Waals surface area contributed by atoms with Gasteiger partial charge in [-0.3, -0.25) is 9.52 Å². The molecule has 5 rings (SSSR count). The predicted molar refractivity (Wildman–Crippen MR) is 160 cm³/mol. The zero-order chi connectivity index (χ0) is 29.9. The Morgan fingerprint density at radius 2 is 1.55 bits per heavy atom. The fourth-order valence-electron chi connectivity index (χ4n) is 4.18. The van der Waals surface area contributed by atoms with Crippen molar-refractivity contribution in [3.63, 3.8) is 0 Å². The smallest absolute Gasteiger partial charge is 0.263 e. The molecule has 1 heterocycles. The molecule has 0 radical (unpaired) electrons. The fourth-order valence-corrected chi connectivity index (χ4v) is 5.23. The number of amides is 1. The van der Waals surface area contributed by atoms with E-state index in [0.717, 1.165) is 5.56 Å². The van der Waals surface area contributed by atoms with Crippen LogP contribution in [0.2, 0.25) is 0 Å². The van der Waals surface area contributed by atoms with Crippen molar-refractivity contribution in [2.24, 2.45) is 0 Å². The van der Waals surface area contributed by atoms with E-state index in [2.05, 4.69) is 25.3 Å². The molecule has 0 saturated carbocycles. The van der Waals surface area contributed by atoms with Gasteiger partial charge in [0.05, 0.1) is 35.7 Å². The third kappa shape index (κ3) is 6.18. The number of rotatable bonds is 9. The predicted octanol–water partition coefficient (Wildman–Crippen LogP) is 5.46. The molecule has 0 fully saturated rings. The normalized spacial score (nSPS) is 11.1. The van der Waals surface area contributed by atoms with Crippen molar-refractivity contribution in [1.29, 1.82) is 0 Å². The fraction of sp³-hybridized carbons (Fsp3) is 0.100. The Labute approximate surface area is 242 Å². The molecule has 4 aromatic carbocycles. The quantitative estimate of drug-likeness (QED) is 0.177. The van der Waals surface area contributed by atoms with Crippen molar-refractivity contribution in [2.45, 2.75) is 11.8 Å². The zero-order valence-electron chi connectivity index (χ0n) is 22.9. The number of hydrogen-bond donors (Lipinski definition) is 4. The molecule has 0 aliphatic carbocycles. The van der Waals surface area contributed by atoms with Gasteiger partial charge in [-0.15, -0.1) is 0 Å². The van der Waals surface area contributed by atoms with Crippen LogP contribution in [0.3, 0.4) is 0 Å². The first kappa shape index (κ1) is 28.2. The van der Waals surface area contributed by atoms with Crippen molar-refractivity contribution in [2.75, 3.05) is 29.6 Å². The van der Waals surface area contributed by atoms with Crippen molar-refractivity contribution < 1.29 is 27.8 Å². The van der Waals surface area contributed by atoms with Crippen LogP contribution in [0.1, 0.15) is 15.9 Å². The van der Waals surface area contributed by atoms with Gasteiger partial charge in [-0.1, -0.05) is 24.3 Å². The number of fused-ring (bicyclic) bond motifs is 1. The van der Waals surface area contributed by atoms with Gasteiger partial charge in [0, 0.05) is 29.6 Å². The van der Waals surface area contributed by atoms with Gasteiger partial charge in [0.25, 0.3) is 15.9 Å². The Balaban J connectivity index is 1.46. The molecule has 0 bridgehead atoms. The maximum atomic E-state index is 13.5. The first-order valence-corrected chi connectivity index (χ1v) is 14.1. The largest absolute Gasteiger partial charge is 0.508 e. The molecule has 0 spiro atoms. The summed E-state index contributed by atoms with van der Waals surface area (Å²) in [5, 5.41) is 15.8. The number of hydrogen-bond acceptors (Lipinski definition) is 9. The Bertz CT molecular complexity index is 1910. The highest BCUT2D eigenvalue weighted by Gasteiger charge is 2.21. The van der Waals surface area contributed by atoms with Crippen LogP contribution < -0.4 is 24.8 Å². The lowest BCUT2D eigenvalue weighted by molar-refractivity contribution is 0.102. The number of anilines is 4. The van der Waals surface area contributed by atoms with Gasteiger partial charge in [-0.25, -0.2) is 18.4 Å². The lowest BCUT2D eigenvalue weighted by Gasteiger charge is -2.15. The van der Waals surface area contributed by atoms with E-state index in [-0.39, 0.29) is 28.0 Å². The third-order valence-electron chi connectivity index (χ3n) is 6.20. The van der Waals surface area contributed by atoms with E-state index in [0.29, 0.717) is 33.8 Å². The maximum Gasteiger partial charge on any atom is 0.263 e. The topological polar surface area (TPSA) is 152 Å². The van der Waals surface area contributed by atoms with E-state index in [1.807, 2.05) is 6.92 Å².